The number of fused-ring (bicyclic) bond motifs is 1. The van der Waals surface area contributed by atoms with Gasteiger partial charge in [-0.1, -0.05) is 18.2 Å². The van der Waals surface area contributed by atoms with E-state index < -0.39 is 18.1 Å². The maximum Gasteiger partial charge on any atom is 0.490 e. The number of hydrogen-bond donors (Lipinski definition) is 4. The van der Waals surface area contributed by atoms with Crippen LogP contribution in [0.25, 0.3) is 0 Å². The molecule has 2 aliphatic rings. The van der Waals surface area contributed by atoms with E-state index in [1.807, 2.05) is 24.3 Å². The number of aliphatic carboxylic acids is 2. The highest BCUT2D eigenvalue weighted by molar-refractivity contribution is 6.06. The third kappa shape index (κ3) is 6.81. The SMILES string of the molecule is O=C(O)C(F)(F)F.O=C(O)CN1Cc2ccc(NC(=O)c3ccc(C4CCNCC4)cc3)cc2C1=O. The molecule has 0 saturated carbocycles. The molecular formula is C24H24F3N3O6. The number of amides is 2. The highest BCUT2D eigenvalue weighted by Crippen LogP contribution is 2.27. The molecule has 2 aromatic rings. The maximum atomic E-state index is 12.6. The number of carboxylic acid groups (broad SMARTS) is 2. The zero-order valence-electron chi connectivity index (χ0n) is 19.0. The molecule has 1 fully saturated rings. The number of hydrogen-bond acceptors (Lipinski definition) is 5. The molecule has 36 heavy (non-hydrogen) atoms. The van der Waals surface area contributed by atoms with Crippen LogP contribution in [0, 0.1) is 0 Å². The Balaban J connectivity index is 0.000000454. The Morgan fingerprint density at radius 1 is 1.03 bits per heavy atom. The Kier molecular flexibility index (Phi) is 8.30. The van der Waals surface area contributed by atoms with Crippen LogP contribution < -0.4 is 10.6 Å². The molecule has 2 heterocycles. The lowest BCUT2D eigenvalue weighted by atomic mass is 9.90. The third-order valence-electron chi connectivity index (χ3n) is 5.80. The lowest BCUT2D eigenvalue weighted by Gasteiger charge is -2.23. The topological polar surface area (TPSA) is 136 Å². The number of nitrogens with one attached hydrogen (secondary N) is 2. The Labute approximate surface area is 203 Å². The Morgan fingerprint density at radius 2 is 1.64 bits per heavy atom. The van der Waals surface area contributed by atoms with E-state index in [0.29, 0.717) is 22.7 Å². The van der Waals surface area contributed by atoms with Gasteiger partial charge in [-0.15, -0.1) is 0 Å². The minimum atomic E-state index is -5.08. The Bertz CT molecular complexity index is 1140. The van der Waals surface area contributed by atoms with Gasteiger partial charge < -0.3 is 25.7 Å². The number of benzene rings is 2. The molecule has 9 nitrogen and oxygen atoms in total. The van der Waals surface area contributed by atoms with Gasteiger partial charge in [-0.3, -0.25) is 14.4 Å². The van der Waals surface area contributed by atoms with Crippen molar-refractivity contribution in [2.45, 2.75) is 31.5 Å². The van der Waals surface area contributed by atoms with E-state index in [-0.39, 0.29) is 24.9 Å². The molecule has 2 aliphatic heterocycles. The predicted molar refractivity (Wildman–Crippen MR) is 122 cm³/mol. The van der Waals surface area contributed by atoms with Crippen molar-refractivity contribution >= 4 is 29.4 Å². The van der Waals surface area contributed by atoms with Gasteiger partial charge >= 0.3 is 18.1 Å². The van der Waals surface area contributed by atoms with Gasteiger partial charge in [0.2, 0.25) is 0 Å². The second-order valence-electron chi connectivity index (χ2n) is 8.33. The van der Waals surface area contributed by atoms with Gasteiger partial charge in [-0.25, -0.2) is 4.79 Å². The molecule has 2 aromatic carbocycles. The molecule has 0 aromatic heterocycles. The summed E-state index contributed by atoms with van der Waals surface area (Å²) in [5.74, 6) is -3.84. The number of rotatable bonds is 5. The first-order valence-corrected chi connectivity index (χ1v) is 11.0. The van der Waals surface area contributed by atoms with Crippen LogP contribution in [0.1, 0.15) is 50.6 Å². The summed E-state index contributed by atoms with van der Waals surface area (Å²) in [6.07, 6.45) is -2.87. The van der Waals surface area contributed by atoms with E-state index in [9.17, 15) is 27.6 Å². The van der Waals surface area contributed by atoms with Gasteiger partial charge in [0.1, 0.15) is 6.54 Å². The summed E-state index contributed by atoms with van der Waals surface area (Å²) in [5, 5.41) is 22.2. The average molecular weight is 507 g/mol. The van der Waals surface area contributed by atoms with Crippen LogP contribution in [0.3, 0.4) is 0 Å². The van der Waals surface area contributed by atoms with Crippen LogP contribution in [0.15, 0.2) is 42.5 Å². The van der Waals surface area contributed by atoms with Crippen LogP contribution in [-0.4, -0.2) is 64.7 Å². The summed E-state index contributed by atoms with van der Waals surface area (Å²) in [6, 6.07) is 12.8. The van der Waals surface area contributed by atoms with Crippen molar-refractivity contribution in [3.63, 3.8) is 0 Å². The van der Waals surface area contributed by atoms with Crippen molar-refractivity contribution in [2.24, 2.45) is 0 Å². The number of halogens is 3. The first-order chi connectivity index (χ1) is 17.0. The van der Waals surface area contributed by atoms with Crippen molar-refractivity contribution in [1.82, 2.24) is 10.2 Å². The van der Waals surface area contributed by atoms with Crippen molar-refractivity contribution in [3.05, 3.63) is 64.7 Å². The minimum absolute atomic E-state index is 0.241. The highest BCUT2D eigenvalue weighted by Gasteiger charge is 2.38. The largest absolute Gasteiger partial charge is 0.490 e. The van der Waals surface area contributed by atoms with Gasteiger partial charge in [0.15, 0.2) is 0 Å². The predicted octanol–water partition coefficient (Wildman–Crippen LogP) is 3.08. The summed E-state index contributed by atoms with van der Waals surface area (Å²) < 4.78 is 31.7. The lowest BCUT2D eigenvalue weighted by molar-refractivity contribution is -0.192. The number of anilines is 1. The molecule has 4 N–H and O–H groups in total. The number of nitrogens with zero attached hydrogens (tertiary/aromatic N) is 1. The zero-order valence-corrected chi connectivity index (χ0v) is 19.0. The van der Waals surface area contributed by atoms with Crippen LogP contribution in [-0.2, 0) is 16.1 Å². The molecule has 2 amide bonds. The standard InChI is InChI=1S/C22H23N3O4.C2HF3O2/c26-20(27)13-25-12-17-5-6-18(11-19(17)22(25)29)24-21(28)16-3-1-14(2-4-16)15-7-9-23-10-8-15;3-2(4,5)1(6)7/h1-6,11,15,23H,7-10,12-13H2,(H,24,28)(H,26,27);(H,6,7). The second kappa shape index (κ2) is 11.2. The number of alkyl halides is 3. The molecule has 0 bridgehead atoms. The van der Waals surface area contributed by atoms with E-state index in [0.717, 1.165) is 31.5 Å². The summed E-state index contributed by atoms with van der Waals surface area (Å²) in [4.78, 5) is 46.0. The summed E-state index contributed by atoms with van der Waals surface area (Å²) in [5.41, 5.74) is 3.53. The quantitative estimate of drug-likeness (QED) is 0.488. The molecule has 4 rings (SSSR count). The summed E-state index contributed by atoms with van der Waals surface area (Å²) >= 11 is 0. The van der Waals surface area contributed by atoms with Crippen LogP contribution in [0.5, 0.6) is 0 Å². The fourth-order valence-corrected chi connectivity index (χ4v) is 4.00. The van der Waals surface area contributed by atoms with Crippen molar-refractivity contribution in [3.8, 4) is 0 Å². The average Bonchev–Trinajstić information content (AvgIpc) is 3.13. The molecule has 0 atom stereocenters. The number of carboxylic acids is 2. The third-order valence-corrected chi connectivity index (χ3v) is 5.80. The maximum absolute atomic E-state index is 12.6. The van der Waals surface area contributed by atoms with E-state index in [1.54, 1.807) is 18.2 Å². The normalized spacial score (nSPS) is 15.5. The molecule has 12 heteroatoms. The second-order valence-corrected chi connectivity index (χ2v) is 8.33. The molecule has 0 radical (unpaired) electrons. The first kappa shape index (κ1) is 26.7. The van der Waals surface area contributed by atoms with E-state index in [2.05, 4.69) is 10.6 Å². The number of carbonyl (C=O) groups excluding carboxylic acids is 2. The fourth-order valence-electron chi connectivity index (χ4n) is 4.00. The fraction of sp³-hybridized carbons (Fsp3) is 0.333. The highest BCUT2D eigenvalue weighted by atomic mass is 19.4. The molecule has 192 valence electrons. The first-order valence-electron chi connectivity index (χ1n) is 11.0. The van der Waals surface area contributed by atoms with Gasteiger partial charge in [0, 0.05) is 23.4 Å². The van der Waals surface area contributed by atoms with Crippen LogP contribution >= 0.6 is 0 Å². The van der Waals surface area contributed by atoms with E-state index >= 15 is 0 Å². The number of carbonyl (C=O) groups is 4. The van der Waals surface area contributed by atoms with E-state index in [4.69, 9.17) is 15.0 Å². The van der Waals surface area contributed by atoms with Crippen LogP contribution in [0.4, 0.5) is 18.9 Å². The van der Waals surface area contributed by atoms with Crippen molar-refractivity contribution < 1.29 is 42.6 Å². The minimum Gasteiger partial charge on any atom is -0.480 e. The number of piperidine rings is 1. The smallest absolute Gasteiger partial charge is 0.480 e. The monoisotopic (exact) mass is 507 g/mol. The van der Waals surface area contributed by atoms with Gasteiger partial charge in [0.25, 0.3) is 11.8 Å². The Hall–Kier alpha value is -3.93. The van der Waals surface area contributed by atoms with Crippen molar-refractivity contribution in [2.75, 3.05) is 25.0 Å². The summed E-state index contributed by atoms with van der Waals surface area (Å²) in [7, 11) is 0. The zero-order chi connectivity index (χ0) is 26.5. The van der Waals surface area contributed by atoms with Crippen LogP contribution in [0.2, 0.25) is 0 Å². The Morgan fingerprint density at radius 3 is 2.19 bits per heavy atom. The van der Waals surface area contributed by atoms with Gasteiger partial charge in [-0.05, 0) is 67.2 Å². The molecule has 0 aliphatic carbocycles. The summed E-state index contributed by atoms with van der Waals surface area (Å²) in [6.45, 7) is 1.98. The van der Waals surface area contributed by atoms with Crippen molar-refractivity contribution in [1.29, 1.82) is 0 Å². The van der Waals surface area contributed by atoms with Gasteiger partial charge in [-0.2, -0.15) is 13.2 Å². The molecular weight excluding hydrogens is 483 g/mol. The molecule has 0 unspecified atom stereocenters. The molecule has 1 saturated heterocycles. The molecule has 0 spiro atoms. The van der Waals surface area contributed by atoms with Gasteiger partial charge in [0.05, 0.1) is 0 Å². The lowest BCUT2D eigenvalue weighted by Crippen LogP contribution is -2.29. The van der Waals surface area contributed by atoms with E-state index in [1.165, 1.54) is 10.5 Å².